The zero-order valence-corrected chi connectivity index (χ0v) is 11.7. The summed E-state index contributed by atoms with van der Waals surface area (Å²) in [6.07, 6.45) is 2.21. The van der Waals surface area contributed by atoms with E-state index in [4.69, 9.17) is 11.6 Å². The second-order valence-electron chi connectivity index (χ2n) is 4.99. The van der Waals surface area contributed by atoms with E-state index >= 15 is 0 Å². The van der Waals surface area contributed by atoms with Crippen molar-refractivity contribution in [2.75, 3.05) is 26.7 Å². The van der Waals surface area contributed by atoms with Gasteiger partial charge in [-0.05, 0) is 44.0 Å². The van der Waals surface area contributed by atoms with Crippen LogP contribution in [0.25, 0.3) is 0 Å². The molecule has 1 heterocycles. The molecule has 1 atom stereocenters. The van der Waals surface area contributed by atoms with Crippen molar-refractivity contribution in [1.29, 1.82) is 0 Å². The van der Waals surface area contributed by atoms with E-state index in [0.29, 0.717) is 12.5 Å². The van der Waals surface area contributed by atoms with E-state index in [1.54, 1.807) is 11.9 Å². The van der Waals surface area contributed by atoms with Gasteiger partial charge in [0.25, 0.3) is 5.91 Å². The van der Waals surface area contributed by atoms with Gasteiger partial charge >= 0.3 is 0 Å². The van der Waals surface area contributed by atoms with Crippen molar-refractivity contribution in [3.05, 3.63) is 34.6 Å². The number of halogens is 2. The van der Waals surface area contributed by atoms with Crippen LogP contribution >= 0.6 is 11.6 Å². The van der Waals surface area contributed by atoms with Crippen molar-refractivity contribution in [3.63, 3.8) is 0 Å². The Morgan fingerprint density at radius 1 is 1.58 bits per heavy atom. The number of nitrogens with zero attached hydrogens (tertiary/aromatic N) is 1. The summed E-state index contributed by atoms with van der Waals surface area (Å²) >= 11 is 5.91. The highest BCUT2D eigenvalue weighted by Gasteiger charge is 2.22. The van der Waals surface area contributed by atoms with Gasteiger partial charge in [-0.1, -0.05) is 17.7 Å². The molecule has 1 N–H and O–H groups in total. The number of carbonyl (C=O) groups is 1. The molecule has 104 valence electrons. The van der Waals surface area contributed by atoms with Gasteiger partial charge in [-0.15, -0.1) is 0 Å². The topological polar surface area (TPSA) is 32.3 Å². The van der Waals surface area contributed by atoms with E-state index in [1.165, 1.54) is 18.2 Å². The van der Waals surface area contributed by atoms with Crippen LogP contribution in [0, 0.1) is 11.7 Å². The molecule has 0 bridgehead atoms. The summed E-state index contributed by atoms with van der Waals surface area (Å²) in [4.78, 5) is 13.8. The van der Waals surface area contributed by atoms with Gasteiger partial charge in [0.2, 0.25) is 0 Å². The molecule has 1 amide bonds. The summed E-state index contributed by atoms with van der Waals surface area (Å²) in [6.45, 7) is 2.56. The Hall–Kier alpha value is -1.13. The molecule has 0 aromatic heterocycles. The second-order valence-corrected chi connectivity index (χ2v) is 5.40. The standard InChI is InChI=1S/C14H18ClFN2O/c1-18(9-10-4-3-7-17-8-10)14(19)13-11(15)5-2-6-12(13)16/h2,5-6,10,17H,3-4,7-9H2,1H3. The fourth-order valence-electron chi connectivity index (χ4n) is 2.44. The lowest BCUT2D eigenvalue weighted by molar-refractivity contribution is 0.0760. The smallest absolute Gasteiger partial charge is 0.258 e. The van der Waals surface area contributed by atoms with E-state index in [1.807, 2.05) is 0 Å². The van der Waals surface area contributed by atoms with Crippen LogP contribution in [0.15, 0.2) is 18.2 Å². The van der Waals surface area contributed by atoms with Crippen LogP contribution in [0.3, 0.4) is 0 Å². The molecule has 0 aliphatic carbocycles. The van der Waals surface area contributed by atoms with Gasteiger partial charge in [0.15, 0.2) is 0 Å². The maximum Gasteiger partial charge on any atom is 0.258 e. The van der Waals surface area contributed by atoms with Crippen LogP contribution in [0.5, 0.6) is 0 Å². The number of benzene rings is 1. The van der Waals surface area contributed by atoms with Crippen molar-refractivity contribution in [1.82, 2.24) is 10.2 Å². The number of hydrogen-bond acceptors (Lipinski definition) is 2. The third-order valence-corrected chi connectivity index (χ3v) is 3.77. The number of rotatable bonds is 3. The van der Waals surface area contributed by atoms with E-state index in [2.05, 4.69) is 5.32 Å². The van der Waals surface area contributed by atoms with Gasteiger partial charge < -0.3 is 10.2 Å². The number of nitrogens with one attached hydrogen (secondary N) is 1. The van der Waals surface area contributed by atoms with Crippen molar-refractivity contribution < 1.29 is 9.18 Å². The molecule has 1 aliphatic heterocycles. The second kappa shape index (κ2) is 6.35. The fourth-order valence-corrected chi connectivity index (χ4v) is 2.69. The number of piperidine rings is 1. The third-order valence-electron chi connectivity index (χ3n) is 3.45. The molecule has 1 aliphatic rings. The molecule has 3 nitrogen and oxygen atoms in total. The third kappa shape index (κ3) is 3.45. The van der Waals surface area contributed by atoms with Crippen LogP contribution < -0.4 is 5.32 Å². The average Bonchev–Trinajstić information content (AvgIpc) is 2.39. The lowest BCUT2D eigenvalue weighted by Gasteiger charge is -2.28. The molecule has 0 saturated carbocycles. The van der Waals surface area contributed by atoms with Gasteiger partial charge in [-0.3, -0.25) is 4.79 Å². The Labute approximate surface area is 117 Å². The Morgan fingerprint density at radius 3 is 3.00 bits per heavy atom. The van der Waals surface area contributed by atoms with E-state index in [9.17, 15) is 9.18 Å². The normalized spacial score (nSPS) is 19.2. The van der Waals surface area contributed by atoms with Gasteiger partial charge in [0.1, 0.15) is 5.82 Å². The lowest BCUT2D eigenvalue weighted by atomic mass is 9.99. The van der Waals surface area contributed by atoms with Gasteiger partial charge in [0.05, 0.1) is 10.6 Å². The largest absolute Gasteiger partial charge is 0.341 e. The minimum atomic E-state index is -0.564. The zero-order chi connectivity index (χ0) is 13.8. The summed E-state index contributed by atoms with van der Waals surface area (Å²) in [6, 6.07) is 4.29. The van der Waals surface area contributed by atoms with E-state index in [-0.39, 0.29) is 16.5 Å². The van der Waals surface area contributed by atoms with E-state index in [0.717, 1.165) is 25.9 Å². The molecule has 0 radical (unpaired) electrons. The first kappa shape index (κ1) is 14.3. The van der Waals surface area contributed by atoms with Crippen molar-refractivity contribution in [3.8, 4) is 0 Å². The average molecular weight is 285 g/mol. The molecular weight excluding hydrogens is 267 g/mol. The highest BCUT2D eigenvalue weighted by Crippen LogP contribution is 2.21. The molecule has 1 fully saturated rings. The van der Waals surface area contributed by atoms with Crippen molar-refractivity contribution in [2.45, 2.75) is 12.8 Å². The molecule has 1 aromatic carbocycles. The number of hydrogen-bond donors (Lipinski definition) is 1. The van der Waals surface area contributed by atoms with Crippen LogP contribution in [0.1, 0.15) is 23.2 Å². The van der Waals surface area contributed by atoms with Crippen LogP contribution in [0.4, 0.5) is 4.39 Å². The molecule has 1 unspecified atom stereocenters. The summed E-state index contributed by atoms with van der Waals surface area (Å²) in [7, 11) is 1.69. The quantitative estimate of drug-likeness (QED) is 0.925. The van der Waals surface area contributed by atoms with Gasteiger partial charge in [-0.25, -0.2) is 4.39 Å². The summed E-state index contributed by atoms with van der Waals surface area (Å²) in [5.41, 5.74) is -0.0320. The predicted octanol–water partition coefficient (Wildman–Crippen LogP) is 2.55. The molecule has 1 saturated heterocycles. The van der Waals surface area contributed by atoms with Crippen molar-refractivity contribution in [2.24, 2.45) is 5.92 Å². The summed E-state index contributed by atoms with van der Waals surface area (Å²) < 4.78 is 13.7. The Kier molecular flexibility index (Phi) is 4.77. The van der Waals surface area contributed by atoms with E-state index < -0.39 is 5.82 Å². The Morgan fingerprint density at radius 2 is 2.37 bits per heavy atom. The van der Waals surface area contributed by atoms with Gasteiger partial charge in [0, 0.05) is 13.6 Å². The molecule has 0 spiro atoms. The van der Waals surface area contributed by atoms with Crippen LogP contribution in [0.2, 0.25) is 5.02 Å². The van der Waals surface area contributed by atoms with Crippen LogP contribution in [-0.4, -0.2) is 37.5 Å². The van der Waals surface area contributed by atoms with Crippen LogP contribution in [-0.2, 0) is 0 Å². The fraction of sp³-hybridized carbons (Fsp3) is 0.500. The molecule has 1 aromatic rings. The number of carbonyl (C=O) groups excluding carboxylic acids is 1. The highest BCUT2D eigenvalue weighted by molar-refractivity contribution is 6.33. The maximum absolute atomic E-state index is 13.7. The molecule has 2 rings (SSSR count). The monoisotopic (exact) mass is 284 g/mol. The molecular formula is C14H18ClFN2O. The van der Waals surface area contributed by atoms with Crippen molar-refractivity contribution >= 4 is 17.5 Å². The first-order chi connectivity index (χ1) is 9.09. The number of amides is 1. The lowest BCUT2D eigenvalue weighted by Crippen LogP contribution is -2.39. The zero-order valence-electron chi connectivity index (χ0n) is 11.0. The SMILES string of the molecule is CN(CC1CCCNC1)C(=O)c1c(F)cccc1Cl. The predicted molar refractivity (Wildman–Crippen MR) is 74.0 cm³/mol. The first-order valence-corrected chi connectivity index (χ1v) is 6.87. The Balaban J connectivity index is 2.06. The highest BCUT2D eigenvalue weighted by atomic mass is 35.5. The molecule has 5 heteroatoms. The first-order valence-electron chi connectivity index (χ1n) is 6.50. The minimum Gasteiger partial charge on any atom is -0.341 e. The Bertz CT molecular complexity index is 441. The maximum atomic E-state index is 13.7. The summed E-state index contributed by atoms with van der Waals surface area (Å²) in [5, 5.41) is 3.47. The summed E-state index contributed by atoms with van der Waals surface area (Å²) in [5.74, 6) is -0.493. The van der Waals surface area contributed by atoms with Gasteiger partial charge in [-0.2, -0.15) is 0 Å². The molecule has 19 heavy (non-hydrogen) atoms. The minimum absolute atomic E-state index is 0.0320.